The Kier molecular flexibility index (Phi) is 9.30. The van der Waals surface area contributed by atoms with Crippen LogP contribution in [0.3, 0.4) is 0 Å². The van der Waals surface area contributed by atoms with Gasteiger partial charge in [-0.3, -0.25) is 14.4 Å². The van der Waals surface area contributed by atoms with Crippen LogP contribution < -0.4 is 15.4 Å². The zero-order chi connectivity index (χ0) is 24.5. The summed E-state index contributed by atoms with van der Waals surface area (Å²) < 4.78 is 10.3. The average molecular weight is 488 g/mol. The molecule has 0 saturated carbocycles. The minimum Gasteiger partial charge on any atom is -0.496 e. The number of methoxy groups -OCH3 is 2. The van der Waals surface area contributed by atoms with Crippen molar-refractivity contribution in [2.75, 3.05) is 40.5 Å². The van der Waals surface area contributed by atoms with E-state index in [0.29, 0.717) is 61.0 Å². The summed E-state index contributed by atoms with van der Waals surface area (Å²) in [7, 11) is 3.09. The Balaban J connectivity index is 1.70. The first-order valence-corrected chi connectivity index (χ1v) is 11.6. The van der Waals surface area contributed by atoms with Gasteiger partial charge in [0.05, 0.1) is 29.9 Å². The summed E-state index contributed by atoms with van der Waals surface area (Å²) in [4.78, 5) is 40.7. The lowest BCUT2D eigenvalue weighted by Crippen LogP contribution is -2.54. The molecule has 0 bridgehead atoms. The standard InChI is InChI=1S/C25H30ClN3O5/c1-33-16-13-27-24(31)22(28-23(30)18-7-3-5-9-20(18)26)17-11-14-29(15-12-17)25(32)19-8-4-6-10-21(19)34-2/h3-10,17,22H,11-16H2,1-2H3,(H,27,31)(H,28,30)/t22-/m1/s1. The molecule has 1 aliphatic heterocycles. The van der Waals surface area contributed by atoms with E-state index in [1.165, 1.54) is 7.11 Å². The number of piperidine rings is 1. The van der Waals surface area contributed by atoms with Gasteiger partial charge in [-0.15, -0.1) is 0 Å². The van der Waals surface area contributed by atoms with Gasteiger partial charge in [0.2, 0.25) is 5.91 Å². The summed E-state index contributed by atoms with van der Waals surface area (Å²) in [6.45, 7) is 1.62. The number of para-hydroxylation sites is 1. The predicted octanol–water partition coefficient (Wildman–Crippen LogP) is 2.76. The van der Waals surface area contributed by atoms with Crippen molar-refractivity contribution in [3.05, 3.63) is 64.7 Å². The van der Waals surface area contributed by atoms with Gasteiger partial charge in [0.15, 0.2) is 0 Å². The molecule has 2 aromatic rings. The monoisotopic (exact) mass is 487 g/mol. The Hall–Kier alpha value is -3.10. The Morgan fingerprint density at radius 1 is 1.03 bits per heavy atom. The van der Waals surface area contributed by atoms with Crippen LogP contribution in [0, 0.1) is 5.92 Å². The van der Waals surface area contributed by atoms with Crippen LogP contribution in [0.5, 0.6) is 5.75 Å². The Bertz CT molecular complexity index is 1010. The van der Waals surface area contributed by atoms with Gasteiger partial charge in [0.1, 0.15) is 11.8 Å². The van der Waals surface area contributed by atoms with Gasteiger partial charge >= 0.3 is 0 Å². The number of hydrogen-bond acceptors (Lipinski definition) is 5. The molecular formula is C25H30ClN3O5. The van der Waals surface area contributed by atoms with Crippen LogP contribution in [-0.2, 0) is 9.53 Å². The van der Waals surface area contributed by atoms with Crippen molar-refractivity contribution in [1.29, 1.82) is 0 Å². The molecule has 34 heavy (non-hydrogen) atoms. The predicted molar refractivity (Wildman–Crippen MR) is 129 cm³/mol. The number of rotatable bonds is 9. The van der Waals surface area contributed by atoms with Gasteiger partial charge in [0.25, 0.3) is 11.8 Å². The lowest BCUT2D eigenvalue weighted by molar-refractivity contribution is -0.124. The van der Waals surface area contributed by atoms with Gasteiger partial charge in [-0.05, 0) is 43.0 Å². The first-order chi connectivity index (χ1) is 16.5. The van der Waals surface area contributed by atoms with Crippen LogP contribution in [0.15, 0.2) is 48.5 Å². The maximum absolute atomic E-state index is 13.0. The maximum Gasteiger partial charge on any atom is 0.257 e. The van der Waals surface area contributed by atoms with Crippen LogP contribution in [0.2, 0.25) is 5.02 Å². The number of benzene rings is 2. The third-order valence-electron chi connectivity index (χ3n) is 5.93. The summed E-state index contributed by atoms with van der Waals surface area (Å²) in [5.41, 5.74) is 0.812. The van der Waals surface area contributed by atoms with Crippen molar-refractivity contribution in [2.45, 2.75) is 18.9 Å². The number of hydrogen-bond donors (Lipinski definition) is 2. The molecule has 182 valence electrons. The van der Waals surface area contributed by atoms with Crippen LogP contribution >= 0.6 is 11.6 Å². The molecule has 0 spiro atoms. The number of halogens is 1. The molecule has 8 nitrogen and oxygen atoms in total. The van der Waals surface area contributed by atoms with Gasteiger partial charge in [0, 0.05) is 26.7 Å². The number of ether oxygens (including phenoxy) is 2. The first-order valence-electron chi connectivity index (χ1n) is 11.2. The van der Waals surface area contributed by atoms with Crippen molar-refractivity contribution < 1.29 is 23.9 Å². The minimum atomic E-state index is -0.760. The van der Waals surface area contributed by atoms with E-state index in [1.54, 1.807) is 54.5 Å². The van der Waals surface area contributed by atoms with Crippen molar-refractivity contribution >= 4 is 29.3 Å². The molecule has 0 unspecified atom stereocenters. The SMILES string of the molecule is COCCNC(=O)[C@H](NC(=O)c1ccccc1Cl)C1CCN(C(=O)c2ccccc2OC)CC1. The lowest BCUT2D eigenvalue weighted by Gasteiger charge is -2.36. The van der Waals surface area contributed by atoms with Crippen LogP contribution in [0.4, 0.5) is 0 Å². The molecule has 1 saturated heterocycles. The highest BCUT2D eigenvalue weighted by Crippen LogP contribution is 2.26. The summed E-state index contributed by atoms with van der Waals surface area (Å²) in [5, 5.41) is 6.00. The van der Waals surface area contributed by atoms with Crippen molar-refractivity contribution in [1.82, 2.24) is 15.5 Å². The van der Waals surface area contributed by atoms with Gasteiger partial charge < -0.3 is 25.0 Å². The van der Waals surface area contributed by atoms with Gasteiger partial charge in [-0.25, -0.2) is 0 Å². The summed E-state index contributed by atoms with van der Waals surface area (Å²) in [5.74, 6) is -0.429. The second-order valence-electron chi connectivity index (χ2n) is 8.04. The van der Waals surface area contributed by atoms with E-state index < -0.39 is 11.9 Å². The Morgan fingerprint density at radius 2 is 1.68 bits per heavy atom. The largest absolute Gasteiger partial charge is 0.496 e. The van der Waals surface area contributed by atoms with E-state index in [9.17, 15) is 14.4 Å². The molecule has 2 aromatic carbocycles. The lowest BCUT2D eigenvalue weighted by atomic mass is 9.88. The zero-order valence-corrected chi connectivity index (χ0v) is 20.1. The molecule has 3 amide bonds. The summed E-state index contributed by atoms with van der Waals surface area (Å²) >= 11 is 6.17. The van der Waals surface area contributed by atoms with Crippen LogP contribution in [0.1, 0.15) is 33.6 Å². The van der Waals surface area contributed by atoms with Gasteiger partial charge in [-0.1, -0.05) is 35.9 Å². The summed E-state index contributed by atoms with van der Waals surface area (Å²) in [6.07, 6.45) is 1.12. The number of nitrogens with zero attached hydrogens (tertiary/aromatic N) is 1. The quantitative estimate of drug-likeness (QED) is 0.530. The van der Waals surface area contributed by atoms with Crippen LogP contribution in [0.25, 0.3) is 0 Å². The highest BCUT2D eigenvalue weighted by Gasteiger charge is 2.34. The number of amides is 3. The molecule has 1 aliphatic rings. The number of nitrogens with one attached hydrogen (secondary N) is 2. The van der Waals surface area contributed by atoms with Gasteiger partial charge in [-0.2, -0.15) is 0 Å². The Morgan fingerprint density at radius 3 is 2.32 bits per heavy atom. The molecule has 0 radical (unpaired) electrons. The smallest absolute Gasteiger partial charge is 0.257 e. The fourth-order valence-electron chi connectivity index (χ4n) is 4.08. The minimum absolute atomic E-state index is 0.114. The molecular weight excluding hydrogens is 458 g/mol. The number of carbonyl (C=O) groups is 3. The molecule has 1 fully saturated rings. The average Bonchev–Trinajstić information content (AvgIpc) is 2.87. The number of likely N-dealkylation sites (tertiary alicyclic amines) is 1. The van der Waals surface area contributed by atoms with E-state index in [-0.39, 0.29) is 17.7 Å². The third-order valence-corrected chi connectivity index (χ3v) is 6.26. The van der Waals surface area contributed by atoms with E-state index in [1.807, 2.05) is 6.07 Å². The van der Waals surface area contributed by atoms with Crippen molar-refractivity contribution in [2.24, 2.45) is 5.92 Å². The second-order valence-corrected chi connectivity index (χ2v) is 8.45. The zero-order valence-electron chi connectivity index (χ0n) is 19.4. The van der Waals surface area contributed by atoms with E-state index in [2.05, 4.69) is 10.6 Å². The molecule has 1 heterocycles. The highest BCUT2D eigenvalue weighted by molar-refractivity contribution is 6.33. The second kappa shape index (κ2) is 12.4. The topological polar surface area (TPSA) is 97.0 Å². The van der Waals surface area contributed by atoms with Crippen LogP contribution in [-0.4, -0.2) is 69.1 Å². The van der Waals surface area contributed by atoms with E-state index in [4.69, 9.17) is 21.1 Å². The molecule has 3 rings (SSSR count). The van der Waals surface area contributed by atoms with Crippen molar-refractivity contribution in [3.63, 3.8) is 0 Å². The number of carbonyl (C=O) groups excluding carboxylic acids is 3. The molecule has 2 N–H and O–H groups in total. The molecule has 0 aliphatic carbocycles. The fourth-order valence-corrected chi connectivity index (χ4v) is 4.30. The Labute approximate surface area is 204 Å². The molecule has 1 atom stereocenters. The van der Waals surface area contributed by atoms with E-state index >= 15 is 0 Å². The van der Waals surface area contributed by atoms with E-state index in [0.717, 1.165) is 0 Å². The van der Waals surface area contributed by atoms with Crippen molar-refractivity contribution in [3.8, 4) is 5.75 Å². The first kappa shape index (κ1) is 25.5. The fraction of sp³-hybridized carbons (Fsp3) is 0.400. The molecule has 9 heteroatoms. The summed E-state index contributed by atoms with van der Waals surface area (Å²) in [6, 6.07) is 13.1. The molecule has 0 aromatic heterocycles. The maximum atomic E-state index is 13.0. The third kappa shape index (κ3) is 6.27. The highest BCUT2D eigenvalue weighted by atomic mass is 35.5. The normalized spacial score (nSPS) is 14.9.